The fourth-order valence-electron chi connectivity index (χ4n) is 1.65. The first-order valence-corrected chi connectivity index (χ1v) is 8.26. The van der Waals surface area contributed by atoms with Gasteiger partial charge in [0, 0.05) is 13.2 Å². The van der Waals surface area contributed by atoms with Crippen molar-refractivity contribution < 1.29 is 22.7 Å². The highest BCUT2D eigenvalue weighted by Gasteiger charge is 2.21. The molecule has 0 spiro atoms. The molecular formula is C14H21NO5S. The molecule has 0 atom stereocenters. The van der Waals surface area contributed by atoms with Crippen molar-refractivity contribution >= 4 is 16.0 Å². The predicted octanol–water partition coefficient (Wildman–Crippen LogP) is 1.57. The third kappa shape index (κ3) is 5.45. The molecule has 0 saturated heterocycles. The lowest BCUT2D eigenvalue weighted by Gasteiger charge is -2.10. The molecule has 1 N–H and O–H groups in total. The van der Waals surface area contributed by atoms with Crippen molar-refractivity contribution in [2.24, 2.45) is 0 Å². The molecule has 6 nitrogen and oxygen atoms in total. The van der Waals surface area contributed by atoms with Crippen molar-refractivity contribution in [3.05, 3.63) is 29.8 Å². The zero-order chi connectivity index (χ0) is 15.7. The van der Waals surface area contributed by atoms with Crippen molar-refractivity contribution in [1.82, 2.24) is 4.72 Å². The number of benzene rings is 1. The summed E-state index contributed by atoms with van der Waals surface area (Å²) >= 11 is 0. The van der Waals surface area contributed by atoms with E-state index in [0.29, 0.717) is 13.2 Å². The maximum absolute atomic E-state index is 12.2. The van der Waals surface area contributed by atoms with Gasteiger partial charge in [0.25, 0.3) is 0 Å². The molecule has 0 unspecified atom stereocenters. The molecule has 0 aliphatic heterocycles. The second-order valence-corrected chi connectivity index (χ2v) is 6.09. The lowest BCUT2D eigenvalue weighted by Crippen LogP contribution is -2.29. The minimum Gasteiger partial charge on any atom is -0.465 e. The number of ether oxygens (including phenoxy) is 2. The highest BCUT2D eigenvalue weighted by molar-refractivity contribution is 7.89. The average Bonchev–Trinajstić information content (AvgIpc) is 2.50. The third-order valence-corrected chi connectivity index (χ3v) is 4.28. The molecule has 0 saturated carbocycles. The topological polar surface area (TPSA) is 81.7 Å². The van der Waals surface area contributed by atoms with E-state index in [0.717, 1.165) is 12.8 Å². The Labute approximate surface area is 125 Å². The standard InChI is InChI=1S/C14H21NO5S/c1-3-4-10-20-11-9-15-21(17,18)13-8-6-5-7-12(13)14(16)19-2/h5-8,15H,3-4,9-11H2,1-2H3. The molecule has 0 radical (unpaired) electrons. The molecule has 21 heavy (non-hydrogen) atoms. The first kappa shape index (κ1) is 17.6. The van der Waals surface area contributed by atoms with Crippen LogP contribution in [-0.4, -0.2) is 41.3 Å². The van der Waals surface area contributed by atoms with Gasteiger partial charge in [-0.3, -0.25) is 0 Å². The minimum atomic E-state index is -3.77. The van der Waals surface area contributed by atoms with Crippen LogP contribution in [0, 0.1) is 0 Å². The number of hydrogen-bond acceptors (Lipinski definition) is 5. The first-order valence-electron chi connectivity index (χ1n) is 6.77. The number of methoxy groups -OCH3 is 1. The molecule has 7 heteroatoms. The second kappa shape index (κ2) is 8.76. The van der Waals surface area contributed by atoms with Crippen LogP contribution < -0.4 is 4.72 Å². The number of unbranched alkanes of at least 4 members (excludes halogenated alkanes) is 1. The van der Waals surface area contributed by atoms with E-state index in [1.165, 1.54) is 19.2 Å². The molecule has 1 aromatic carbocycles. The van der Waals surface area contributed by atoms with Gasteiger partial charge < -0.3 is 9.47 Å². The van der Waals surface area contributed by atoms with Crippen molar-refractivity contribution in [1.29, 1.82) is 0 Å². The SMILES string of the molecule is CCCCOCCNS(=O)(=O)c1ccccc1C(=O)OC. The number of carbonyl (C=O) groups excluding carboxylic acids is 1. The van der Waals surface area contributed by atoms with E-state index in [4.69, 9.17) is 4.74 Å². The molecule has 0 aliphatic rings. The second-order valence-electron chi connectivity index (χ2n) is 4.35. The summed E-state index contributed by atoms with van der Waals surface area (Å²) in [6, 6.07) is 5.92. The maximum Gasteiger partial charge on any atom is 0.339 e. The maximum atomic E-state index is 12.2. The smallest absolute Gasteiger partial charge is 0.339 e. The minimum absolute atomic E-state index is 0.0133. The molecule has 0 aromatic heterocycles. The van der Waals surface area contributed by atoms with Crippen molar-refractivity contribution in [3.8, 4) is 0 Å². The van der Waals surface area contributed by atoms with Crippen molar-refractivity contribution in [2.45, 2.75) is 24.7 Å². The van der Waals surface area contributed by atoms with Crippen LogP contribution in [0.15, 0.2) is 29.2 Å². The molecule has 1 aromatic rings. The van der Waals surface area contributed by atoms with Gasteiger partial charge in [-0.25, -0.2) is 17.9 Å². The molecule has 0 bridgehead atoms. The van der Waals surface area contributed by atoms with Crippen molar-refractivity contribution in [2.75, 3.05) is 26.9 Å². The van der Waals surface area contributed by atoms with E-state index in [1.54, 1.807) is 12.1 Å². The lowest BCUT2D eigenvalue weighted by molar-refractivity contribution is 0.0596. The highest BCUT2D eigenvalue weighted by Crippen LogP contribution is 2.15. The number of hydrogen-bond donors (Lipinski definition) is 1. The Morgan fingerprint density at radius 3 is 2.62 bits per heavy atom. The molecule has 1 rings (SSSR count). The van der Waals surface area contributed by atoms with Gasteiger partial charge in [0.15, 0.2) is 0 Å². The summed E-state index contributed by atoms with van der Waals surface area (Å²) in [5, 5.41) is 0. The summed E-state index contributed by atoms with van der Waals surface area (Å²) in [5.41, 5.74) is 0.0133. The Morgan fingerprint density at radius 1 is 1.24 bits per heavy atom. The van der Waals surface area contributed by atoms with Crippen LogP contribution in [0.25, 0.3) is 0 Å². The highest BCUT2D eigenvalue weighted by atomic mass is 32.2. The Hall–Kier alpha value is -1.44. The lowest BCUT2D eigenvalue weighted by atomic mass is 10.2. The Morgan fingerprint density at radius 2 is 1.95 bits per heavy atom. The summed E-state index contributed by atoms with van der Waals surface area (Å²) in [6.45, 7) is 3.11. The Kier molecular flexibility index (Phi) is 7.35. The van der Waals surface area contributed by atoms with Crippen LogP contribution in [0.5, 0.6) is 0 Å². The van der Waals surface area contributed by atoms with Crippen LogP contribution in [0.1, 0.15) is 30.1 Å². The van der Waals surface area contributed by atoms with E-state index >= 15 is 0 Å². The fourth-order valence-corrected chi connectivity index (χ4v) is 2.86. The van der Waals surface area contributed by atoms with Gasteiger partial charge in [-0.1, -0.05) is 25.5 Å². The van der Waals surface area contributed by atoms with Crippen LogP contribution in [-0.2, 0) is 19.5 Å². The van der Waals surface area contributed by atoms with Gasteiger partial charge in [-0.15, -0.1) is 0 Å². The van der Waals surface area contributed by atoms with Crippen LogP contribution in [0.3, 0.4) is 0 Å². The molecule has 0 fully saturated rings. The number of rotatable bonds is 9. The monoisotopic (exact) mass is 315 g/mol. The summed E-state index contributed by atoms with van der Waals surface area (Å²) in [6.07, 6.45) is 1.97. The van der Waals surface area contributed by atoms with Gasteiger partial charge in [-0.2, -0.15) is 0 Å². The van der Waals surface area contributed by atoms with Gasteiger partial charge in [0.1, 0.15) is 0 Å². The summed E-state index contributed by atoms with van der Waals surface area (Å²) in [5.74, 6) is -0.685. The van der Waals surface area contributed by atoms with E-state index in [1.807, 2.05) is 0 Å². The Bertz CT molecular complexity index is 556. The van der Waals surface area contributed by atoms with E-state index in [-0.39, 0.29) is 17.0 Å². The fraction of sp³-hybridized carbons (Fsp3) is 0.500. The molecule has 0 aliphatic carbocycles. The van der Waals surface area contributed by atoms with Crippen molar-refractivity contribution in [3.63, 3.8) is 0 Å². The number of sulfonamides is 1. The predicted molar refractivity (Wildman–Crippen MR) is 78.7 cm³/mol. The van der Waals surface area contributed by atoms with Crippen LogP contribution >= 0.6 is 0 Å². The summed E-state index contributed by atoms with van der Waals surface area (Å²) < 4.78 is 36.7. The van der Waals surface area contributed by atoms with Crippen LogP contribution in [0.2, 0.25) is 0 Å². The summed E-state index contributed by atoms with van der Waals surface area (Å²) in [7, 11) is -2.56. The largest absolute Gasteiger partial charge is 0.465 e. The summed E-state index contributed by atoms with van der Waals surface area (Å²) in [4.78, 5) is 11.5. The zero-order valence-corrected chi connectivity index (χ0v) is 13.1. The van der Waals surface area contributed by atoms with Gasteiger partial charge in [0.2, 0.25) is 10.0 Å². The van der Waals surface area contributed by atoms with Gasteiger partial charge in [0.05, 0.1) is 24.2 Å². The Balaban J connectivity index is 2.68. The zero-order valence-electron chi connectivity index (χ0n) is 12.3. The van der Waals surface area contributed by atoms with Gasteiger partial charge >= 0.3 is 5.97 Å². The first-order chi connectivity index (χ1) is 10.0. The number of nitrogens with one attached hydrogen (secondary N) is 1. The quantitative estimate of drug-likeness (QED) is 0.552. The number of carbonyl (C=O) groups is 1. The molecule has 118 valence electrons. The average molecular weight is 315 g/mol. The molecular weight excluding hydrogens is 294 g/mol. The van der Waals surface area contributed by atoms with Gasteiger partial charge in [-0.05, 0) is 18.6 Å². The van der Waals surface area contributed by atoms with Crippen LogP contribution in [0.4, 0.5) is 0 Å². The molecule has 0 amide bonds. The molecule has 0 heterocycles. The third-order valence-electron chi connectivity index (χ3n) is 2.76. The normalized spacial score (nSPS) is 11.3. The van der Waals surface area contributed by atoms with E-state index < -0.39 is 16.0 Å². The van der Waals surface area contributed by atoms with E-state index in [9.17, 15) is 13.2 Å². The number of esters is 1. The van der Waals surface area contributed by atoms with E-state index in [2.05, 4.69) is 16.4 Å².